The predicted octanol–water partition coefficient (Wildman–Crippen LogP) is 1.43. The number of thiazole rings is 1. The van der Waals surface area contributed by atoms with Gasteiger partial charge in [0.05, 0.1) is 12.8 Å². The molecule has 0 unspecified atom stereocenters. The Morgan fingerprint density at radius 2 is 2.32 bits per heavy atom. The van der Waals surface area contributed by atoms with Crippen molar-refractivity contribution in [2.75, 3.05) is 6.61 Å². The van der Waals surface area contributed by atoms with Gasteiger partial charge in [0.25, 0.3) is 9.05 Å². The van der Waals surface area contributed by atoms with E-state index in [9.17, 15) is 13.2 Å². The number of carbonyl (C=O) groups is 1. The summed E-state index contributed by atoms with van der Waals surface area (Å²) in [5.74, 6) is -0.801. The maximum atomic E-state index is 11.7. The van der Waals surface area contributed by atoms with Crippen LogP contribution in [0.5, 0.6) is 0 Å². The van der Waals surface area contributed by atoms with Crippen LogP contribution in [0.2, 0.25) is 0 Å². The van der Waals surface area contributed by atoms with Crippen LogP contribution in [0.25, 0.3) is 5.13 Å². The van der Waals surface area contributed by atoms with Gasteiger partial charge in [0.1, 0.15) is 5.56 Å². The van der Waals surface area contributed by atoms with E-state index in [4.69, 9.17) is 15.4 Å². The SMILES string of the molecule is CCOC(=O)c1cnn(-c2nccs2)c1S(=O)(=O)Cl. The number of hydrogen-bond donors (Lipinski definition) is 0. The van der Waals surface area contributed by atoms with Crippen molar-refractivity contribution in [3.63, 3.8) is 0 Å². The van der Waals surface area contributed by atoms with E-state index in [1.165, 1.54) is 6.20 Å². The number of esters is 1. The number of ether oxygens (including phenoxy) is 1. The van der Waals surface area contributed by atoms with Gasteiger partial charge >= 0.3 is 5.97 Å². The Hall–Kier alpha value is -1.45. The van der Waals surface area contributed by atoms with E-state index in [1.807, 2.05) is 0 Å². The Kier molecular flexibility index (Phi) is 3.88. The Labute approximate surface area is 117 Å². The third kappa shape index (κ3) is 2.77. The summed E-state index contributed by atoms with van der Waals surface area (Å²) in [4.78, 5) is 15.6. The second kappa shape index (κ2) is 5.27. The summed E-state index contributed by atoms with van der Waals surface area (Å²) in [7, 11) is 1.18. The van der Waals surface area contributed by atoms with Crippen molar-refractivity contribution in [2.24, 2.45) is 0 Å². The van der Waals surface area contributed by atoms with Gasteiger partial charge in [0.2, 0.25) is 5.13 Å². The van der Waals surface area contributed by atoms with E-state index in [-0.39, 0.29) is 17.3 Å². The molecule has 2 heterocycles. The fourth-order valence-corrected chi connectivity index (χ4v) is 3.22. The zero-order chi connectivity index (χ0) is 14.0. The summed E-state index contributed by atoms with van der Waals surface area (Å²) in [5, 5.41) is 5.32. The number of nitrogens with zero attached hydrogens (tertiary/aromatic N) is 3. The van der Waals surface area contributed by atoms with E-state index in [0.29, 0.717) is 0 Å². The fraction of sp³-hybridized carbons (Fsp3) is 0.222. The quantitative estimate of drug-likeness (QED) is 0.625. The molecule has 0 aliphatic rings. The first-order chi connectivity index (χ1) is 8.95. The lowest BCUT2D eigenvalue weighted by molar-refractivity contribution is 0.0521. The Balaban J connectivity index is 2.62. The summed E-state index contributed by atoms with van der Waals surface area (Å²) in [6.45, 7) is 1.72. The lowest BCUT2D eigenvalue weighted by Crippen LogP contribution is -2.11. The minimum atomic E-state index is -4.17. The molecule has 2 rings (SSSR count). The molecule has 7 nitrogen and oxygen atoms in total. The van der Waals surface area contributed by atoms with Crippen LogP contribution in [0, 0.1) is 0 Å². The van der Waals surface area contributed by atoms with Gasteiger partial charge in [-0.15, -0.1) is 11.3 Å². The molecule has 0 spiro atoms. The molecule has 102 valence electrons. The molecule has 0 amide bonds. The van der Waals surface area contributed by atoms with Gasteiger partial charge in [-0.3, -0.25) is 0 Å². The molecule has 19 heavy (non-hydrogen) atoms. The molecular formula is C9H8ClN3O4S2. The largest absolute Gasteiger partial charge is 0.462 e. The molecule has 0 aromatic carbocycles. The average molecular weight is 322 g/mol. The van der Waals surface area contributed by atoms with E-state index in [2.05, 4.69) is 10.1 Å². The summed E-state index contributed by atoms with van der Waals surface area (Å²) < 4.78 is 29.0. The number of halogens is 1. The minimum Gasteiger partial charge on any atom is -0.462 e. The van der Waals surface area contributed by atoms with Crippen molar-refractivity contribution in [1.82, 2.24) is 14.8 Å². The molecule has 0 fully saturated rings. The lowest BCUT2D eigenvalue weighted by Gasteiger charge is -2.03. The van der Waals surface area contributed by atoms with Gasteiger partial charge in [0, 0.05) is 22.3 Å². The highest BCUT2D eigenvalue weighted by molar-refractivity contribution is 8.13. The Morgan fingerprint density at radius 3 is 2.84 bits per heavy atom. The molecule has 0 radical (unpaired) electrons. The van der Waals surface area contributed by atoms with Gasteiger partial charge in [-0.05, 0) is 6.92 Å². The topological polar surface area (TPSA) is 91.2 Å². The molecule has 0 saturated carbocycles. The maximum absolute atomic E-state index is 11.7. The summed E-state index contributed by atoms with van der Waals surface area (Å²) in [6.07, 6.45) is 2.57. The van der Waals surface area contributed by atoms with Crippen LogP contribution in [0.15, 0.2) is 22.8 Å². The Bertz CT molecular complexity index is 693. The van der Waals surface area contributed by atoms with Crippen molar-refractivity contribution < 1.29 is 17.9 Å². The van der Waals surface area contributed by atoms with Gasteiger partial charge in [-0.2, -0.15) is 9.78 Å². The number of carbonyl (C=O) groups excluding carboxylic acids is 1. The molecule has 2 aromatic heterocycles. The van der Waals surface area contributed by atoms with E-state index in [1.54, 1.807) is 12.3 Å². The van der Waals surface area contributed by atoms with Crippen molar-refractivity contribution >= 4 is 37.0 Å². The number of hydrogen-bond acceptors (Lipinski definition) is 7. The van der Waals surface area contributed by atoms with E-state index < -0.39 is 20.0 Å². The van der Waals surface area contributed by atoms with Gasteiger partial charge < -0.3 is 4.74 Å². The van der Waals surface area contributed by atoms with Crippen molar-refractivity contribution in [3.8, 4) is 5.13 Å². The van der Waals surface area contributed by atoms with E-state index in [0.717, 1.165) is 22.2 Å². The second-order valence-electron chi connectivity index (χ2n) is 3.25. The normalized spacial score (nSPS) is 11.5. The van der Waals surface area contributed by atoms with Gasteiger partial charge in [-0.25, -0.2) is 18.2 Å². The molecule has 0 aliphatic carbocycles. The summed E-state index contributed by atoms with van der Waals surface area (Å²) in [5.41, 5.74) is -0.216. The second-order valence-corrected chi connectivity index (χ2v) is 6.60. The van der Waals surface area contributed by atoms with Crippen molar-refractivity contribution in [2.45, 2.75) is 11.9 Å². The molecule has 0 bridgehead atoms. The summed E-state index contributed by atoms with van der Waals surface area (Å²) in [6, 6.07) is 0. The van der Waals surface area contributed by atoms with Crippen LogP contribution in [-0.4, -0.2) is 35.8 Å². The van der Waals surface area contributed by atoms with Crippen LogP contribution in [0.1, 0.15) is 17.3 Å². The zero-order valence-corrected chi connectivity index (χ0v) is 12.0. The highest BCUT2D eigenvalue weighted by Crippen LogP contribution is 2.25. The first kappa shape index (κ1) is 14.0. The standard InChI is InChI=1S/C9H8ClN3O4S2/c1-2-17-8(14)6-5-12-13(7(6)19(10,15)16)9-11-3-4-18-9/h3-5H,2H2,1H3. The van der Waals surface area contributed by atoms with Crippen molar-refractivity contribution in [1.29, 1.82) is 0 Å². The maximum Gasteiger partial charge on any atom is 0.342 e. The van der Waals surface area contributed by atoms with Crippen LogP contribution in [0.3, 0.4) is 0 Å². The third-order valence-electron chi connectivity index (χ3n) is 2.05. The smallest absolute Gasteiger partial charge is 0.342 e. The molecular weight excluding hydrogens is 314 g/mol. The minimum absolute atomic E-state index is 0.114. The number of aromatic nitrogens is 3. The summed E-state index contributed by atoms with van der Waals surface area (Å²) >= 11 is 1.16. The first-order valence-electron chi connectivity index (χ1n) is 5.04. The predicted molar refractivity (Wildman–Crippen MR) is 68.2 cm³/mol. The van der Waals surface area contributed by atoms with E-state index >= 15 is 0 Å². The van der Waals surface area contributed by atoms with Crippen molar-refractivity contribution in [3.05, 3.63) is 23.3 Å². The highest BCUT2D eigenvalue weighted by Gasteiger charge is 2.29. The average Bonchev–Trinajstić information content (AvgIpc) is 2.97. The molecule has 2 aromatic rings. The zero-order valence-electron chi connectivity index (χ0n) is 9.61. The van der Waals surface area contributed by atoms with Crippen LogP contribution >= 0.6 is 22.0 Å². The highest BCUT2D eigenvalue weighted by atomic mass is 35.7. The lowest BCUT2D eigenvalue weighted by atomic mass is 10.4. The number of rotatable bonds is 4. The van der Waals surface area contributed by atoms with Gasteiger partial charge in [0.15, 0.2) is 5.03 Å². The monoisotopic (exact) mass is 321 g/mol. The van der Waals surface area contributed by atoms with Crippen LogP contribution in [-0.2, 0) is 13.8 Å². The van der Waals surface area contributed by atoms with Crippen LogP contribution in [0.4, 0.5) is 0 Å². The molecule has 10 heteroatoms. The van der Waals surface area contributed by atoms with Crippen LogP contribution < -0.4 is 0 Å². The fourth-order valence-electron chi connectivity index (χ4n) is 1.38. The molecule has 0 atom stereocenters. The van der Waals surface area contributed by atoms with Gasteiger partial charge in [-0.1, -0.05) is 0 Å². The third-order valence-corrected chi connectivity index (χ3v) is 4.09. The first-order valence-corrected chi connectivity index (χ1v) is 8.23. The Morgan fingerprint density at radius 1 is 1.58 bits per heavy atom. The molecule has 0 N–H and O–H groups in total. The molecule has 0 aliphatic heterocycles. The molecule has 0 saturated heterocycles.